The summed E-state index contributed by atoms with van der Waals surface area (Å²) in [6.45, 7) is 6.01. The number of rotatable bonds is 9. The predicted molar refractivity (Wildman–Crippen MR) is 124 cm³/mol. The second-order valence-corrected chi connectivity index (χ2v) is 8.44. The van der Waals surface area contributed by atoms with Crippen LogP contribution in [0.4, 0.5) is 8.78 Å². The minimum atomic E-state index is -1.31. The molecule has 0 N–H and O–H groups in total. The van der Waals surface area contributed by atoms with Gasteiger partial charge in [-0.15, -0.1) is 0 Å². The Morgan fingerprint density at radius 1 is 0.812 bits per heavy atom. The van der Waals surface area contributed by atoms with E-state index in [1.807, 2.05) is 45.0 Å². The predicted octanol–water partition coefficient (Wildman–Crippen LogP) is 7.54. The fourth-order valence-corrected chi connectivity index (χ4v) is 3.41. The van der Waals surface area contributed by atoms with Gasteiger partial charge in [-0.05, 0) is 71.0 Å². The van der Waals surface area contributed by atoms with Crippen molar-refractivity contribution in [2.45, 2.75) is 40.0 Å². The first-order valence-corrected chi connectivity index (χ1v) is 10.7. The van der Waals surface area contributed by atoms with Crippen LogP contribution in [0.2, 0.25) is 0 Å². The van der Waals surface area contributed by atoms with Gasteiger partial charge in [0.1, 0.15) is 35.8 Å². The molecular formula is C27H30F2O3. The molecule has 0 saturated heterocycles. The van der Waals surface area contributed by atoms with E-state index >= 15 is 4.39 Å². The third-order valence-electron chi connectivity index (χ3n) is 5.92. The number of hydrogen-bond donors (Lipinski definition) is 0. The normalized spacial score (nSPS) is 12.3. The molecule has 0 aliphatic carbocycles. The van der Waals surface area contributed by atoms with Crippen LogP contribution in [0.1, 0.15) is 44.5 Å². The largest absolute Gasteiger partial charge is 0.497 e. The fourth-order valence-electron chi connectivity index (χ4n) is 3.41. The van der Waals surface area contributed by atoms with E-state index in [0.29, 0.717) is 41.2 Å². The molecule has 0 radical (unpaired) electrons. The van der Waals surface area contributed by atoms with Gasteiger partial charge in [-0.1, -0.05) is 39.0 Å². The van der Waals surface area contributed by atoms with Gasteiger partial charge in [0.05, 0.1) is 14.2 Å². The summed E-state index contributed by atoms with van der Waals surface area (Å²) >= 11 is 0. The van der Waals surface area contributed by atoms with Crippen molar-refractivity contribution >= 4 is 0 Å². The van der Waals surface area contributed by atoms with E-state index in [4.69, 9.17) is 14.2 Å². The zero-order valence-corrected chi connectivity index (χ0v) is 19.2. The van der Waals surface area contributed by atoms with Gasteiger partial charge in [-0.3, -0.25) is 0 Å². The zero-order chi connectivity index (χ0) is 23.3. The molecule has 0 spiro atoms. The summed E-state index contributed by atoms with van der Waals surface area (Å²) < 4.78 is 46.9. The molecule has 3 rings (SSSR count). The summed E-state index contributed by atoms with van der Waals surface area (Å²) in [6, 6.07) is 17.2. The van der Waals surface area contributed by atoms with Crippen molar-refractivity contribution < 1.29 is 23.0 Å². The Kier molecular flexibility index (Phi) is 7.39. The van der Waals surface area contributed by atoms with E-state index in [1.165, 1.54) is 13.2 Å². The maximum absolute atomic E-state index is 15.8. The molecule has 0 aliphatic heterocycles. The van der Waals surface area contributed by atoms with Gasteiger partial charge in [0.15, 0.2) is 0 Å². The maximum Gasteiger partial charge on any atom is 0.131 e. The number of benzene rings is 3. The molecule has 0 bridgehead atoms. The zero-order valence-electron chi connectivity index (χ0n) is 19.2. The lowest BCUT2D eigenvalue weighted by Gasteiger charge is -2.29. The minimum absolute atomic E-state index is 0.301. The molecule has 0 aliphatic rings. The number of methoxy groups -OCH3 is 2. The summed E-state index contributed by atoms with van der Waals surface area (Å²) in [4.78, 5) is 0. The summed E-state index contributed by atoms with van der Waals surface area (Å²) in [6.07, 6.45) is -0.678. The Hall–Kier alpha value is -3.08. The van der Waals surface area contributed by atoms with Gasteiger partial charge in [-0.2, -0.15) is 0 Å². The molecule has 3 aromatic rings. The van der Waals surface area contributed by atoms with Crippen LogP contribution in [-0.2, 0) is 6.61 Å². The number of alkyl halides is 1. The third-order valence-corrected chi connectivity index (χ3v) is 5.92. The van der Waals surface area contributed by atoms with Gasteiger partial charge in [0.25, 0.3) is 0 Å². The van der Waals surface area contributed by atoms with Crippen LogP contribution in [0.25, 0.3) is 11.1 Å². The van der Waals surface area contributed by atoms with Crippen molar-refractivity contribution in [1.82, 2.24) is 0 Å². The topological polar surface area (TPSA) is 27.7 Å². The lowest BCUT2D eigenvalue weighted by molar-refractivity contribution is 0.139. The molecule has 1 atom stereocenters. The third kappa shape index (κ3) is 5.21. The van der Waals surface area contributed by atoms with Crippen LogP contribution in [0, 0.1) is 11.2 Å². The molecule has 0 heterocycles. The number of halogens is 2. The van der Waals surface area contributed by atoms with E-state index in [-0.39, 0.29) is 0 Å². The first-order chi connectivity index (χ1) is 15.3. The Labute approximate surface area is 189 Å². The van der Waals surface area contributed by atoms with Gasteiger partial charge in [-0.25, -0.2) is 8.78 Å². The van der Waals surface area contributed by atoms with E-state index in [0.717, 1.165) is 11.3 Å². The molecule has 3 nitrogen and oxygen atoms in total. The van der Waals surface area contributed by atoms with Gasteiger partial charge >= 0.3 is 0 Å². The first kappa shape index (κ1) is 23.6. The maximum atomic E-state index is 15.8. The lowest BCUT2D eigenvalue weighted by Crippen LogP contribution is -2.18. The van der Waals surface area contributed by atoms with E-state index in [9.17, 15) is 4.39 Å². The first-order valence-electron chi connectivity index (χ1n) is 10.7. The lowest BCUT2D eigenvalue weighted by atomic mass is 9.79. The van der Waals surface area contributed by atoms with Crippen LogP contribution in [0.3, 0.4) is 0 Å². The van der Waals surface area contributed by atoms with E-state index < -0.39 is 17.4 Å². The highest BCUT2D eigenvalue weighted by Gasteiger charge is 2.32. The Morgan fingerprint density at radius 2 is 1.44 bits per heavy atom. The molecule has 32 heavy (non-hydrogen) atoms. The highest BCUT2D eigenvalue weighted by Crippen LogP contribution is 2.45. The van der Waals surface area contributed by atoms with Gasteiger partial charge in [0.2, 0.25) is 0 Å². The highest BCUT2D eigenvalue weighted by molar-refractivity contribution is 5.71. The van der Waals surface area contributed by atoms with Crippen molar-refractivity contribution in [3.8, 4) is 28.4 Å². The van der Waals surface area contributed by atoms with E-state index in [1.54, 1.807) is 37.4 Å². The van der Waals surface area contributed by atoms with Crippen molar-refractivity contribution in [3.63, 3.8) is 0 Å². The van der Waals surface area contributed by atoms with Gasteiger partial charge in [0, 0.05) is 5.56 Å². The quantitative estimate of drug-likeness (QED) is 0.344. The second kappa shape index (κ2) is 10.0. The second-order valence-electron chi connectivity index (χ2n) is 8.44. The summed E-state index contributed by atoms with van der Waals surface area (Å²) in [5.41, 5.74) is 1.53. The average molecular weight is 441 g/mol. The molecule has 0 saturated carbocycles. The standard InChI is InChI=1S/C27H30F2O3/c1-6-27(2,3)26(29)24-16-21(32-17-18-7-9-19(30-4)10-8-18)11-13-22(24)23-15-20(31-5)12-14-25(23)28/h7-16,26H,6,17H2,1-5H3. The Balaban J connectivity index is 1.98. The molecule has 3 aromatic carbocycles. The molecule has 0 amide bonds. The summed E-state index contributed by atoms with van der Waals surface area (Å²) in [5, 5.41) is 0. The molecule has 1 unspecified atom stereocenters. The molecule has 5 heteroatoms. The number of hydrogen-bond acceptors (Lipinski definition) is 3. The smallest absolute Gasteiger partial charge is 0.131 e. The van der Waals surface area contributed by atoms with Crippen molar-refractivity contribution in [2.24, 2.45) is 5.41 Å². The molecule has 0 fully saturated rings. The van der Waals surface area contributed by atoms with Crippen LogP contribution in [0.15, 0.2) is 60.7 Å². The SMILES string of the molecule is CCC(C)(C)C(F)c1cc(OCc2ccc(OC)cc2)ccc1-c1cc(OC)ccc1F. The number of ether oxygens (including phenoxy) is 3. The van der Waals surface area contributed by atoms with Crippen molar-refractivity contribution in [1.29, 1.82) is 0 Å². The molecule has 170 valence electrons. The highest BCUT2D eigenvalue weighted by atomic mass is 19.1. The Morgan fingerprint density at radius 3 is 2.06 bits per heavy atom. The summed E-state index contributed by atoms with van der Waals surface area (Å²) in [5.74, 6) is 1.37. The molecule has 0 aromatic heterocycles. The van der Waals surface area contributed by atoms with E-state index in [2.05, 4.69) is 0 Å². The summed E-state index contributed by atoms with van der Waals surface area (Å²) in [7, 11) is 3.14. The van der Waals surface area contributed by atoms with Crippen molar-refractivity contribution in [2.75, 3.05) is 14.2 Å². The van der Waals surface area contributed by atoms with Crippen LogP contribution in [-0.4, -0.2) is 14.2 Å². The fraction of sp³-hybridized carbons (Fsp3) is 0.333. The van der Waals surface area contributed by atoms with Crippen LogP contribution < -0.4 is 14.2 Å². The van der Waals surface area contributed by atoms with Gasteiger partial charge < -0.3 is 14.2 Å². The monoisotopic (exact) mass is 440 g/mol. The Bertz CT molecular complexity index is 1050. The average Bonchev–Trinajstić information content (AvgIpc) is 2.82. The van der Waals surface area contributed by atoms with Crippen molar-refractivity contribution in [3.05, 3.63) is 77.6 Å². The molecular weight excluding hydrogens is 410 g/mol. The minimum Gasteiger partial charge on any atom is -0.497 e. The van der Waals surface area contributed by atoms with Crippen LogP contribution >= 0.6 is 0 Å². The van der Waals surface area contributed by atoms with Crippen LogP contribution in [0.5, 0.6) is 17.2 Å².